The van der Waals surface area contributed by atoms with E-state index in [1.54, 1.807) is 47.6 Å². The Morgan fingerprint density at radius 1 is 1.15 bits per heavy atom. The van der Waals surface area contributed by atoms with Crippen molar-refractivity contribution < 1.29 is 22.7 Å². The second-order valence-electron chi connectivity index (χ2n) is 7.64. The van der Waals surface area contributed by atoms with E-state index in [-0.39, 0.29) is 11.9 Å². The van der Waals surface area contributed by atoms with Crippen molar-refractivity contribution in [2.24, 2.45) is 5.92 Å². The number of nitrogens with one attached hydrogen (secondary N) is 1. The Labute approximate surface area is 188 Å². The third kappa shape index (κ3) is 6.09. The van der Waals surface area contributed by atoms with Crippen LogP contribution >= 0.6 is 0 Å². The Hall–Kier alpha value is -3.88. The maximum absolute atomic E-state index is 12.6. The number of hydrogen-bond donors (Lipinski definition) is 1. The molecule has 170 valence electrons. The lowest BCUT2D eigenvalue weighted by molar-refractivity contribution is -0.137. The first kappa shape index (κ1) is 22.3. The second kappa shape index (κ2) is 9.72. The fourth-order valence-electron chi connectivity index (χ4n) is 3.33. The van der Waals surface area contributed by atoms with Crippen molar-refractivity contribution in [3.05, 3.63) is 84.3 Å². The van der Waals surface area contributed by atoms with E-state index in [0.29, 0.717) is 30.4 Å². The van der Waals surface area contributed by atoms with Gasteiger partial charge >= 0.3 is 12.2 Å². The molecule has 1 aliphatic heterocycles. The van der Waals surface area contributed by atoms with Gasteiger partial charge in [-0.3, -0.25) is 4.98 Å². The Balaban J connectivity index is 1.24. The number of anilines is 1. The van der Waals surface area contributed by atoms with Crippen molar-refractivity contribution in [3.63, 3.8) is 0 Å². The zero-order valence-corrected chi connectivity index (χ0v) is 17.5. The summed E-state index contributed by atoms with van der Waals surface area (Å²) in [5.41, 5.74) is 0.736. The molecule has 0 saturated carbocycles. The minimum atomic E-state index is -4.43. The molecule has 1 fully saturated rings. The number of rotatable bonds is 6. The van der Waals surface area contributed by atoms with E-state index in [9.17, 15) is 18.0 Å². The van der Waals surface area contributed by atoms with Crippen molar-refractivity contribution in [3.8, 4) is 11.6 Å². The standard InChI is InChI=1S/C24H21F3N4O2/c25-24(26,27)19-9-10-22(29-13-19)33-21-8-2-5-17(12-21)4-1-6-18-15-31(16-18)23(32)30-20-7-3-11-28-14-20/h1-5,7-14,18H,6,15-16H2,(H,30,32)/b4-1-. The minimum absolute atomic E-state index is 0.0863. The van der Waals surface area contributed by atoms with Gasteiger partial charge < -0.3 is 15.0 Å². The van der Waals surface area contributed by atoms with Gasteiger partial charge in [-0.15, -0.1) is 0 Å². The van der Waals surface area contributed by atoms with Crippen molar-refractivity contribution in [1.82, 2.24) is 14.9 Å². The zero-order chi connectivity index (χ0) is 23.3. The molecule has 1 saturated heterocycles. The summed E-state index contributed by atoms with van der Waals surface area (Å²) in [6, 6.07) is 12.7. The van der Waals surface area contributed by atoms with E-state index in [1.807, 2.05) is 18.2 Å². The van der Waals surface area contributed by atoms with Crippen LogP contribution in [-0.2, 0) is 6.18 Å². The number of pyridine rings is 2. The number of alkyl halides is 3. The average Bonchev–Trinajstić information content (AvgIpc) is 2.76. The predicted octanol–water partition coefficient (Wildman–Crippen LogP) is 5.85. The smallest absolute Gasteiger partial charge is 0.417 e. The molecule has 4 rings (SSSR count). The summed E-state index contributed by atoms with van der Waals surface area (Å²) in [5, 5.41) is 2.81. The number of aromatic nitrogens is 2. The molecular formula is C24H21F3N4O2. The summed E-state index contributed by atoms with van der Waals surface area (Å²) >= 11 is 0. The summed E-state index contributed by atoms with van der Waals surface area (Å²) in [5.74, 6) is 0.950. The number of benzene rings is 1. The van der Waals surface area contributed by atoms with Gasteiger partial charge in [-0.25, -0.2) is 9.78 Å². The number of nitrogens with zero attached hydrogens (tertiary/aromatic N) is 3. The lowest BCUT2D eigenvalue weighted by Crippen LogP contribution is -2.51. The highest BCUT2D eigenvalue weighted by Gasteiger charge is 2.31. The van der Waals surface area contributed by atoms with Crippen LogP contribution in [0.3, 0.4) is 0 Å². The predicted molar refractivity (Wildman–Crippen MR) is 118 cm³/mol. The molecular weight excluding hydrogens is 433 g/mol. The van der Waals surface area contributed by atoms with Gasteiger partial charge in [0.05, 0.1) is 17.4 Å². The molecule has 1 N–H and O–H groups in total. The summed E-state index contributed by atoms with van der Waals surface area (Å²) in [6.07, 6.45) is 4.37. The van der Waals surface area contributed by atoms with Crippen molar-refractivity contribution in [2.45, 2.75) is 12.6 Å². The summed E-state index contributed by atoms with van der Waals surface area (Å²) in [6.45, 7) is 1.36. The SMILES string of the molecule is O=C(Nc1cccnc1)N1CC(C/C=C\c2cccc(Oc3ccc(C(F)(F)F)cn3)c2)C1. The molecule has 33 heavy (non-hydrogen) atoms. The van der Waals surface area contributed by atoms with Crippen LogP contribution in [0.4, 0.5) is 23.7 Å². The monoisotopic (exact) mass is 454 g/mol. The van der Waals surface area contributed by atoms with Crippen LogP contribution in [0.5, 0.6) is 11.6 Å². The third-order valence-electron chi connectivity index (χ3n) is 5.08. The quantitative estimate of drug-likeness (QED) is 0.507. The van der Waals surface area contributed by atoms with Crippen LogP contribution in [0.15, 0.2) is 73.2 Å². The molecule has 9 heteroatoms. The fourth-order valence-corrected chi connectivity index (χ4v) is 3.33. The van der Waals surface area contributed by atoms with Crippen LogP contribution in [0.25, 0.3) is 6.08 Å². The molecule has 0 bridgehead atoms. The third-order valence-corrected chi connectivity index (χ3v) is 5.08. The topological polar surface area (TPSA) is 67.4 Å². The van der Waals surface area contributed by atoms with Crippen LogP contribution in [0.1, 0.15) is 17.5 Å². The maximum Gasteiger partial charge on any atom is 0.417 e. The molecule has 1 aromatic carbocycles. The van der Waals surface area contributed by atoms with Crippen LogP contribution < -0.4 is 10.1 Å². The number of carbonyl (C=O) groups excluding carboxylic acids is 1. The van der Waals surface area contributed by atoms with Gasteiger partial charge in [0, 0.05) is 31.5 Å². The minimum Gasteiger partial charge on any atom is -0.439 e. The lowest BCUT2D eigenvalue weighted by atomic mass is 9.96. The van der Waals surface area contributed by atoms with E-state index in [2.05, 4.69) is 15.3 Å². The van der Waals surface area contributed by atoms with Crippen LogP contribution in [0.2, 0.25) is 0 Å². The molecule has 2 amide bonds. The van der Waals surface area contributed by atoms with Crippen molar-refractivity contribution in [1.29, 1.82) is 0 Å². The molecule has 3 aromatic rings. The number of halogens is 3. The molecule has 0 atom stereocenters. The van der Waals surface area contributed by atoms with Crippen LogP contribution in [0, 0.1) is 5.92 Å². The summed E-state index contributed by atoms with van der Waals surface area (Å²) in [7, 11) is 0. The number of likely N-dealkylation sites (tertiary alicyclic amines) is 1. The van der Waals surface area contributed by atoms with Crippen molar-refractivity contribution in [2.75, 3.05) is 18.4 Å². The molecule has 0 aliphatic carbocycles. The summed E-state index contributed by atoms with van der Waals surface area (Å²) < 4.78 is 43.5. The van der Waals surface area contributed by atoms with Gasteiger partial charge in [0.25, 0.3) is 0 Å². The Bertz CT molecular complexity index is 1110. The van der Waals surface area contributed by atoms with E-state index in [1.165, 1.54) is 6.07 Å². The van der Waals surface area contributed by atoms with Gasteiger partial charge in [-0.05, 0) is 48.2 Å². The van der Waals surface area contributed by atoms with Crippen LogP contribution in [-0.4, -0.2) is 34.0 Å². The second-order valence-corrected chi connectivity index (χ2v) is 7.64. The van der Waals surface area contributed by atoms with E-state index in [0.717, 1.165) is 24.2 Å². The largest absolute Gasteiger partial charge is 0.439 e. The molecule has 0 spiro atoms. The summed E-state index contributed by atoms with van der Waals surface area (Å²) in [4.78, 5) is 21.6. The molecule has 2 aromatic heterocycles. The normalized spacial score (nSPS) is 14.2. The van der Waals surface area contributed by atoms with Gasteiger partial charge in [-0.1, -0.05) is 24.3 Å². The van der Waals surface area contributed by atoms with Gasteiger partial charge in [0.1, 0.15) is 5.75 Å². The molecule has 0 radical (unpaired) electrons. The highest BCUT2D eigenvalue weighted by molar-refractivity contribution is 5.89. The molecule has 1 aliphatic rings. The Kier molecular flexibility index (Phi) is 6.58. The number of hydrogen-bond acceptors (Lipinski definition) is 4. The van der Waals surface area contributed by atoms with Crippen molar-refractivity contribution >= 4 is 17.8 Å². The first-order valence-corrected chi connectivity index (χ1v) is 10.3. The molecule has 3 heterocycles. The van der Waals surface area contributed by atoms with Gasteiger partial charge in [0.15, 0.2) is 0 Å². The number of allylic oxidation sites excluding steroid dienone is 1. The number of ether oxygens (including phenoxy) is 1. The maximum atomic E-state index is 12.6. The van der Waals surface area contributed by atoms with E-state index < -0.39 is 11.7 Å². The Morgan fingerprint density at radius 2 is 2.00 bits per heavy atom. The lowest BCUT2D eigenvalue weighted by Gasteiger charge is -2.38. The first-order chi connectivity index (χ1) is 15.9. The molecule has 0 unspecified atom stereocenters. The highest BCUT2D eigenvalue weighted by Crippen LogP contribution is 2.30. The van der Waals surface area contributed by atoms with E-state index >= 15 is 0 Å². The zero-order valence-electron chi connectivity index (χ0n) is 17.5. The van der Waals surface area contributed by atoms with E-state index in [4.69, 9.17) is 4.74 Å². The number of urea groups is 1. The Morgan fingerprint density at radius 3 is 2.70 bits per heavy atom. The first-order valence-electron chi connectivity index (χ1n) is 10.3. The molecule has 6 nitrogen and oxygen atoms in total. The number of carbonyl (C=O) groups is 1. The average molecular weight is 454 g/mol. The number of amides is 2. The highest BCUT2D eigenvalue weighted by atomic mass is 19.4. The van der Waals surface area contributed by atoms with Gasteiger partial charge in [-0.2, -0.15) is 13.2 Å². The van der Waals surface area contributed by atoms with Gasteiger partial charge in [0.2, 0.25) is 5.88 Å². The fraction of sp³-hybridized carbons (Fsp3) is 0.208.